The highest BCUT2D eigenvalue weighted by atomic mass is 32.1. The van der Waals surface area contributed by atoms with E-state index in [1.165, 1.54) is 23.3 Å². The maximum Gasteiger partial charge on any atom is 0.194 e. The van der Waals surface area contributed by atoms with E-state index in [1.54, 1.807) is 11.3 Å². The number of carbonyl (C=O) groups is 1. The number of piperidine rings is 2. The number of rotatable bonds is 2. The number of nitrogens with zero attached hydrogens (tertiary/aromatic N) is 3. The van der Waals surface area contributed by atoms with Crippen molar-refractivity contribution in [1.29, 1.82) is 0 Å². The van der Waals surface area contributed by atoms with E-state index < -0.39 is 0 Å². The van der Waals surface area contributed by atoms with Crippen LogP contribution < -0.4 is 24.5 Å². The number of anilines is 1. The van der Waals surface area contributed by atoms with Crippen molar-refractivity contribution in [2.75, 3.05) is 31.1 Å². The number of ketones is 1. The molecule has 0 amide bonds. The minimum absolute atomic E-state index is 0.137. The van der Waals surface area contributed by atoms with Crippen LogP contribution in [0.25, 0.3) is 16.7 Å². The lowest BCUT2D eigenvalue weighted by Gasteiger charge is -2.31. The van der Waals surface area contributed by atoms with Gasteiger partial charge in [-0.3, -0.25) is 4.79 Å². The fraction of sp³-hybridized carbons (Fsp3) is 0.607. The molecule has 2 aromatic heterocycles. The molecule has 2 N–H and O–H groups in total. The predicted molar refractivity (Wildman–Crippen MR) is 147 cm³/mol. The van der Waals surface area contributed by atoms with E-state index in [2.05, 4.69) is 51.8 Å². The first-order valence-corrected chi connectivity index (χ1v) is 14.9. The Kier molecular flexibility index (Phi) is 6.67. The molecular weight excluding hydrogens is 488 g/mol. The van der Waals surface area contributed by atoms with E-state index >= 15 is 0 Å². The van der Waals surface area contributed by atoms with Gasteiger partial charge in [-0.1, -0.05) is 58.6 Å². The van der Waals surface area contributed by atoms with Crippen LogP contribution in [0.1, 0.15) is 89.9 Å². The van der Waals surface area contributed by atoms with Gasteiger partial charge in [-0.2, -0.15) is 0 Å². The fourth-order valence-electron chi connectivity index (χ4n) is 5.20. The lowest BCUT2D eigenvalue weighted by molar-refractivity contribution is -0.656. The average molecular weight is 527 g/mol. The normalized spacial score (nSPS) is 21.3. The minimum atomic E-state index is -0.258. The maximum absolute atomic E-state index is 13.7. The first kappa shape index (κ1) is 25.6. The highest BCUT2D eigenvalue weighted by Crippen LogP contribution is 2.45. The number of aromatic nitrogens is 2. The van der Waals surface area contributed by atoms with Gasteiger partial charge in [0.05, 0.1) is 33.9 Å². The molecule has 8 heteroatoms. The minimum Gasteiger partial charge on any atom is -0.871 e. The molecule has 0 bridgehead atoms. The molecule has 5 rings (SSSR count). The lowest BCUT2D eigenvalue weighted by atomic mass is 9.81. The molecule has 4 heterocycles. The van der Waals surface area contributed by atoms with E-state index in [0.29, 0.717) is 11.1 Å². The van der Waals surface area contributed by atoms with Gasteiger partial charge in [0, 0.05) is 47.9 Å². The fourth-order valence-corrected chi connectivity index (χ4v) is 7.98. The van der Waals surface area contributed by atoms with Gasteiger partial charge in [0.2, 0.25) is 0 Å². The monoisotopic (exact) mass is 526 g/mol. The van der Waals surface area contributed by atoms with Crippen LogP contribution >= 0.6 is 22.7 Å². The highest BCUT2D eigenvalue weighted by Gasteiger charge is 2.37. The molecule has 194 valence electrons. The first-order chi connectivity index (χ1) is 17.0. The Morgan fingerprint density at radius 1 is 0.861 bits per heavy atom. The standard InChI is InChI=1S/C28H38N4O2S2/c1-27(2,3)23-21(35-25(30-23)16-10-12-29-13-11-16)17-19(33)18(20(17)34)22-24(28(4,5)6)31-26(36-22)32-14-8-7-9-15-32/h29,33H,7-15H2,1-6H3/b21-17-. The summed E-state index contributed by atoms with van der Waals surface area (Å²) in [4.78, 5) is 26.8. The summed E-state index contributed by atoms with van der Waals surface area (Å²) in [6.45, 7) is 16.8. The second-order valence-corrected chi connectivity index (χ2v) is 14.3. The molecule has 36 heavy (non-hydrogen) atoms. The Hall–Kier alpha value is -2.03. The van der Waals surface area contributed by atoms with Crippen molar-refractivity contribution in [3.8, 4) is 0 Å². The number of hydrogen-bond donors (Lipinski definition) is 1. The van der Waals surface area contributed by atoms with E-state index in [1.807, 2.05) is 0 Å². The van der Waals surface area contributed by atoms with Crippen LogP contribution in [0.15, 0.2) is 5.76 Å². The zero-order chi connectivity index (χ0) is 25.8. The number of thiazole rings is 2. The van der Waals surface area contributed by atoms with E-state index in [-0.39, 0.29) is 22.4 Å². The summed E-state index contributed by atoms with van der Waals surface area (Å²) >= 11 is 3.07. The van der Waals surface area contributed by atoms with Crippen LogP contribution in [0.3, 0.4) is 0 Å². The number of nitrogens with two attached hydrogens (primary N) is 1. The van der Waals surface area contributed by atoms with Crippen LogP contribution in [-0.4, -0.2) is 41.9 Å². The van der Waals surface area contributed by atoms with Crippen molar-refractivity contribution in [3.63, 3.8) is 0 Å². The van der Waals surface area contributed by atoms with Crippen molar-refractivity contribution >= 4 is 50.3 Å². The molecule has 3 aliphatic rings. The lowest BCUT2D eigenvalue weighted by Crippen LogP contribution is -2.85. The van der Waals surface area contributed by atoms with Crippen molar-refractivity contribution < 1.29 is 15.2 Å². The smallest absolute Gasteiger partial charge is 0.194 e. The number of allylic oxidation sites excluding steroid dienone is 2. The van der Waals surface area contributed by atoms with Crippen LogP contribution in [0, 0.1) is 0 Å². The summed E-state index contributed by atoms with van der Waals surface area (Å²) in [5, 5.41) is 17.0. The molecule has 2 aromatic rings. The molecule has 0 unspecified atom stereocenters. The van der Waals surface area contributed by atoms with Gasteiger partial charge in [0.25, 0.3) is 0 Å². The third-order valence-corrected chi connectivity index (χ3v) is 9.56. The molecule has 0 radical (unpaired) electrons. The van der Waals surface area contributed by atoms with Crippen molar-refractivity contribution in [2.24, 2.45) is 0 Å². The van der Waals surface area contributed by atoms with Gasteiger partial charge in [0.15, 0.2) is 10.9 Å². The van der Waals surface area contributed by atoms with Crippen LogP contribution in [-0.2, 0) is 15.6 Å². The Morgan fingerprint density at radius 3 is 2.08 bits per heavy atom. The summed E-state index contributed by atoms with van der Waals surface area (Å²) in [5.74, 6) is -0.274. The van der Waals surface area contributed by atoms with Gasteiger partial charge in [0.1, 0.15) is 4.66 Å². The average Bonchev–Trinajstić information content (AvgIpc) is 3.46. The zero-order valence-electron chi connectivity index (χ0n) is 22.4. The van der Waals surface area contributed by atoms with Gasteiger partial charge < -0.3 is 15.3 Å². The molecule has 0 atom stereocenters. The van der Waals surface area contributed by atoms with Crippen LogP contribution in [0.5, 0.6) is 0 Å². The third kappa shape index (κ3) is 4.56. The van der Waals surface area contributed by atoms with Crippen molar-refractivity contribution in [1.82, 2.24) is 9.97 Å². The van der Waals surface area contributed by atoms with Crippen LogP contribution in [0.4, 0.5) is 5.13 Å². The molecule has 6 nitrogen and oxygen atoms in total. The molecule has 0 aromatic carbocycles. The SMILES string of the molecule is CC(C)(C)c1nc(N2CCCCC2)sc1C1=C([O-])/C(=c2/sc(=C3CC[NH2+]CC3)nc2C(C)(C)C)C1=O. The summed E-state index contributed by atoms with van der Waals surface area (Å²) in [5.41, 5.74) is 3.23. The Morgan fingerprint density at radius 2 is 1.50 bits per heavy atom. The zero-order valence-corrected chi connectivity index (χ0v) is 24.0. The first-order valence-electron chi connectivity index (χ1n) is 13.2. The molecular formula is C28H38N4O2S2. The molecule has 0 spiro atoms. The molecule has 1 aliphatic carbocycles. The van der Waals surface area contributed by atoms with E-state index in [0.717, 1.165) is 82.5 Å². The molecule has 2 aliphatic heterocycles. The molecule has 2 saturated heterocycles. The third-order valence-electron chi connectivity index (χ3n) is 7.26. The number of Topliss-reactive ketones (excluding diaryl/α,β-unsaturated/α-hetero) is 1. The topological polar surface area (TPSA) is 85.8 Å². The Bertz CT molecular complexity index is 1340. The summed E-state index contributed by atoms with van der Waals surface area (Å²) < 4.78 is 1.78. The summed E-state index contributed by atoms with van der Waals surface area (Å²) in [7, 11) is 0. The van der Waals surface area contributed by atoms with Crippen LogP contribution in [0.2, 0.25) is 0 Å². The Labute approximate surface area is 221 Å². The Balaban J connectivity index is 1.67. The largest absolute Gasteiger partial charge is 0.871 e. The van der Waals surface area contributed by atoms with Gasteiger partial charge in [-0.15, -0.1) is 11.3 Å². The summed E-state index contributed by atoms with van der Waals surface area (Å²) in [6, 6.07) is 0. The second-order valence-electron chi connectivity index (χ2n) is 12.3. The van der Waals surface area contributed by atoms with Gasteiger partial charge in [-0.25, -0.2) is 9.97 Å². The maximum atomic E-state index is 13.7. The van der Waals surface area contributed by atoms with E-state index in [4.69, 9.17) is 9.97 Å². The van der Waals surface area contributed by atoms with E-state index in [9.17, 15) is 9.90 Å². The van der Waals surface area contributed by atoms with Crippen molar-refractivity contribution in [2.45, 2.75) is 84.5 Å². The summed E-state index contributed by atoms with van der Waals surface area (Å²) in [6.07, 6.45) is 5.59. The highest BCUT2D eigenvalue weighted by molar-refractivity contribution is 7.17. The quantitative estimate of drug-likeness (QED) is 0.649. The molecule has 0 saturated carbocycles. The predicted octanol–water partition coefficient (Wildman–Crippen LogP) is 2.20. The van der Waals surface area contributed by atoms with Crippen molar-refractivity contribution in [3.05, 3.63) is 31.2 Å². The number of hydrogen-bond acceptors (Lipinski definition) is 7. The van der Waals surface area contributed by atoms with Gasteiger partial charge in [-0.05, 0) is 24.8 Å². The van der Waals surface area contributed by atoms with Gasteiger partial charge >= 0.3 is 0 Å². The second kappa shape index (κ2) is 9.37. The number of carbonyl (C=O) groups excluding carboxylic acids is 1. The molecule has 2 fully saturated rings. The number of quaternary nitrogens is 1.